The van der Waals surface area contributed by atoms with Gasteiger partial charge in [0.25, 0.3) is 0 Å². The van der Waals surface area contributed by atoms with Gasteiger partial charge in [-0.25, -0.2) is 4.39 Å². The molecule has 3 fully saturated rings. The van der Waals surface area contributed by atoms with Gasteiger partial charge in [-0.2, -0.15) is 0 Å². The molecule has 5 nitrogen and oxygen atoms in total. The molecule has 2 saturated heterocycles. The molecular formula is C13H19FN2O3. The maximum absolute atomic E-state index is 12.8. The van der Waals surface area contributed by atoms with Gasteiger partial charge >= 0.3 is 0 Å². The van der Waals surface area contributed by atoms with Gasteiger partial charge in [-0.05, 0) is 25.7 Å². The number of amides is 2. The second-order valence-electron chi connectivity index (χ2n) is 5.84. The third-order valence-electron chi connectivity index (χ3n) is 4.53. The highest BCUT2D eigenvalue weighted by Crippen LogP contribution is 2.34. The van der Waals surface area contributed by atoms with Crippen LogP contribution in [0.3, 0.4) is 0 Å². The first-order valence-electron chi connectivity index (χ1n) is 6.91. The summed E-state index contributed by atoms with van der Waals surface area (Å²) in [6.07, 6.45) is 1.46. The Labute approximate surface area is 111 Å². The average Bonchev–Trinajstić information content (AvgIpc) is 2.39. The van der Waals surface area contributed by atoms with Crippen LogP contribution in [0.1, 0.15) is 25.7 Å². The average molecular weight is 270 g/mol. The van der Waals surface area contributed by atoms with Crippen LogP contribution in [0.25, 0.3) is 0 Å². The molecule has 1 saturated carbocycles. The zero-order valence-corrected chi connectivity index (χ0v) is 10.9. The highest BCUT2D eigenvalue weighted by Gasteiger charge is 2.43. The zero-order valence-electron chi connectivity index (χ0n) is 10.9. The minimum absolute atomic E-state index is 0.0763. The van der Waals surface area contributed by atoms with Crippen molar-refractivity contribution >= 4 is 11.8 Å². The smallest absolute Gasteiger partial charge is 0.246 e. The molecular weight excluding hydrogens is 251 g/mol. The molecule has 6 heteroatoms. The predicted octanol–water partition coefficient (Wildman–Crippen LogP) is 0.242. The van der Waals surface area contributed by atoms with E-state index in [4.69, 9.17) is 4.74 Å². The number of alkyl halides is 1. The number of hydrogen-bond acceptors (Lipinski definition) is 3. The van der Waals surface area contributed by atoms with Gasteiger partial charge in [0.05, 0.1) is 5.60 Å². The maximum atomic E-state index is 12.8. The molecule has 2 aliphatic heterocycles. The molecule has 0 radical (unpaired) electrons. The molecule has 2 heterocycles. The van der Waals surface area contributed by atoms with Crippen LogP contribution >= 0.6 is 0 Å². The third-order valence-corrected chi connectivity index (χ3v) is 4.53. The van der Waals surface area contributed by atoms with Crippen LogP contribution in [0.15, 0.2) is 0 Å². The molecule has 1 N–H and O–H groups in total. The first kappa shape index (κ1) is 12.8. The van der Waals surface area contributed by atoms with Crippen molar-refractivity contribution in [3.05, 3.63) is 0 Å². The maximum Gasteiger partial charge on any atom is 0.246 e. The van der Waals surface area contributed by atoms with Crippen LogP contribution in [0.2, 0.25) is 0 Å². The van der Waals surface area contributed by atoms with Gasteiger partial charge in [-0.3, -0.25) is 9.59 Å². The number of nitrogens with zero attached hydrogens (tertiary/aromatic N) is 1. The molecule has 0 unspecified atom stereocenters. The van der Waals surface area contributed by atoms with E-state index in [1.54, 1.807) is 0 Å². The summed E-state index contributed by atoms with van der Waals surface area (Å²) >= 11 is 0. The second kappa shape index (κ2) is 4.74. The molecule has 106 valence electrons. The Hall–Kier alpha value is -1.17. The SMILES string of the molecule is O=C1COC2(CCN(C(=O)C3CC(F)C3)CC2)CN1. The van der Waals surface area contributed by atoms with Crippen molar-refractivity contribution in [2.75, 3.05) is 26.2 Å². The van der Waals surface area contributed by atoms with E-state index in [9.17, 15) is 14.0 Å². The number of carbonyl (C=O) groups excluding carboxylic acids is 2. The summed E-state index contributed by atoms with van der Waals surface area (Å²) in [5, 5.41) is 2.82. The fourth-order valence-corrected chi connectivity index (χ4v) is 3.04. The molecule has 0 aromatic heterocycles. The van der Waals surface area contributed by atoms with Crippen molar-refractivity contribution in [3.63, 3.8) is 0 Å². The van der Waals surface area contributed by atoms with Crippen molar-refractivity contribution in [3.8, 4) is 0 Å². The van der Waals surface area contributed by atoms with Crippen molar-refractivity contribution < 1.29 is 18.7 Å². The van der Waals surface area contributed by atoms with Crippen molar-refractivity contribution in [2.24, 2.45) is 5.92 Å². The Bertz CT molecular complexity index is 375. The number of rotatable bonds is 1. The summed E-state index contributed by atoms with van der Waals surface area (Å²) in [6.45, 7) is 1.92. The van der Waals surface area contributed by atoms with Gasteiger partial charge in [0.2, 0.25) is 11.8 Å². The Kier molecular flexibility index (Phi) is 3.20. The lowest BCUT2D eigenvalue weighted by Crippen LogP contribution is -2.58. The largest absolute Gasteiger partial charge is 0.363 e. The predicted molar refractivity (Wildman–Crippen MR) is 65.1 cm³/mol. The van der Waals surface area contributed by atoms with Crippen molar-refractivity contribution in [1.82, 2.24) is 10.2 Å². The van der Waals surface area contributed by atoms with E-state index in [1.807, 2.05) is 4.90 Å². The number of nitrogens with one attached hydrogen (secondary N) is 1. The quantitative estimate of drug-likeness (QED) is 0.742. The minimum atomic E-state index is -0.790. The van der Waals surface area contributed by atoms with Gasteiger partial charge in [0.1, 0.15) is 12.8 Å². The van der Waals surface area contributed by atoms with Crippen LogP contribution in [0.4, 0.5) is 4.39 Å². The first-order valence-corrected chi connectivity index (χ1v) is 6.91. The lowest BCUT2D eigenvalue weighted by molar-refractivity contribution is -0.157. The molecule has 3 aliphatic rings. The monoisotopic (exact) mass is 270 g/mol. The fraction of sp³-hybridized carbons (Fsp3) is 0.846. The van der Waals surface area contributed by atoms with E-state index in [1.165, 1.54) is 0 Å². The van der Waals surface area contributed by atoms with Gasteiger partial charge in [0.15, 0.2) is 0 Å². The normalized spacial score (nSPS) is 33.7. The molecule has 0 atom stereocenters. The summed E-state index contributed by atoms with van der Waals surface area (Å²) in [4.78, 5) is 25.0. The Morgan fingerprint density at radius 2 is 2.05 bits per heavy atom. The van der Waals surface area contributed by atoms with E-state index in [0.29, 0.717) is 32.5 Å². The van der Waals surface area contributed by atoms with Crippen LogP contribution in [-0.4, -0.2) is 54.7 Å². The van der Waals surface area contributed by atoms with E-state index in [0.717, 1.165) is 12.8 Å². The van der Waals surface area contributed by atoms with Crippen LogP contribution < -0.4 is 5.32 Å². The van der Waals surface area contributed by atoms with Crippen LogP contribution in [-0.2, 0) is 14.3 Å². The summed E-state index contributed by atoms with van der Waals surface area (Å²) in [6, 6.07) is 0. The highest BCUT2D eigenvalue weighted by molar-refractivity contribution is 5.80. The lowest BCUT2D eigenvalue weighted by Gasteiger charge is -2.45. The first-order chi connectivity index (χ1) is 9.08. The number of halogens is 1. The van der Waals surface area contributed by atoms with Gasteiger partial charge < -0.3 is 15.0 Å². The van der Waals surface area contributed by atoms with Gasteiger partial charge in [-0.1, -0.05) is 0 Å². The molecule has 0 bridgehead atoms. The van der Waals surface area contributed by atoms with E-state index in [2.05, 4.69) is 5.32 Å². The number of ether oxygens (including phenoxy) is 1. The van der Waals surface area contributed by atoms with E-state index in [-0.39, 0.29) is 29.9 Å². The molecule has 1 spiro atoms. The van der Waals surface area contributed by atoms with Gasteiger partial charge in [0, 0.05) is 25.6 Å². The number of carbonyl (C=O) groups is 2. The van der Waals surface area contributed by atoms with Crippen LogP contribution in [0.5, 0.6) is 0 Å². The highest BCUT2D eigenvalue weighted by atomic mass is 19.1. The van der Waals surface area contributed by atoms with Crippen LogP contribution in [0, 0.1) is 5.92 Å². The molecule has 2 amide bonds. The summed E-state index contributed by atoms with van der Waals surface area (Å²) in [5.41, 5.74) is -0.299. The summed E-state index contributed by atoms with van der Waals surface area (Å²) in [5.74, 6) is -0.104. The van der Waals surface area contributed by atoms with E-state index >= 15 is 0 Å². The van der Waals surface area contributed by atoms with Gasteiger partial charge in [-0.15, -0.1) is 0 Å². The molecule has 1 aliphatic carbocycles. The topological polar surface area (TPSA) is 58.6 Å². The summed E-state index contributed by atoms with van der Waals surface area (Å²) in [7, 11) is 0. The Morgan fingerprint density at radius 3 is 2.58 bits per heavy atom. The number of likely N-dealkylation sites (tertiary alicyclic amines) is 1. The second-order valence-corrected chi connectivity index (χ2v) is 5.84. The number of piperidine rings is 1. The lowest BCUT2D eigenvalue weighted by atomic mass is 9.81. The fourth-order valence-electron chi connectivity index (χ4n) is 3.04. The molecule has 19 heavy (non-hydrogen) atoms. The third kappa shape index (κ3) is 2.45. The summed E-state index contributed by atoms with van der Waals surface area (Å²) < 4.78 is 18.4. The molecule has 0 aromatic rings. The molecule has 3 rings (SSSR count). The minimum Gasteiger partial charge on any atom is -0.363 e. The van der Waals surface area contributed by atoms with Crippen molar-refractivity contribution in [1.29, 1.82) is 0 Å². The Balaban J connectivity index is 1.52. The number of hydrogen-bond donors (Lipinski definition) is 1. The van der Waals surface area contributed by atoms with E-state index < -0.39 is 6.17 Å². The molecule has 0 aromatic carbocycles. The van der Waals surface area contributed by atoms with Crippen molar-refractivity contribution in [2.45, 2.75) is 37.5 Å². The Morgan fingerprint density at radius 1 is 1.37 bits per heavy atom. The standard InChI is InChI=1S/C13H19FN2O3/c14-10-5-9(6-10)12(18)16-3-1-13(2-4-16)8-15-11(17)7-19-13/h9-10H,1-8H2,(H,15,17). The number of morpholine rings is 1. The zero-order chi connectivity index (χ0) is 13.5.